The lowest BCUT2D eigenvalue weighted by molar-refractivity contribution is -0.144. The fraction of sp³-hybridized carbons (Fsp3) is 0.214. The molecule has 0 aliphatic carbocycles. The molecule has 0 unspecified atom stereocenters. The largest absolute Gasteiger partial charge is 0.398 e. The molecule has 0 fully saturated rings. The summed E-state index contributed by atoms with van der Waals surface area (Å²) >= 11 is 0. The molecule has 4 N–H and O–H groups in total. The number of oxime groups is 1. The van der Waals surface area contributed by atoms with Gasteiger partial charge < -0.3 is 16.3 Å². The van der Waals surface area contributed by atoms with Gasteiger partial charge >= 0.3 is 5.97 Å². The summed E-state index contributed by atoms with van der Waals surface area (Å²) in [6, 6.07) is 7.07. The number of nitrogens with zero attached hydrogens (tertiary/aromatic N) is 3. The summed E-state index contributed by atoms with van der Waals surface area (Å²) in [4.78, 5) is 16.5. The van der Waals surface area contributed by atoms with Crippen molar-refractivity contribution in [1.82, 2.24) is 9.78 Å². The molecule has 2 aromatic rings. The van der Waals surface area contributed by atoms with Crippen molar-refractivity contribution in [1.29, 1.82) is 0 Å². The monoisotopic (exact) mass is 287 g/mol. The number of hydrogen-bond acceptors (Lipinski definition) is 5. The van der Waals surface area contributed by atoms with Crippen molar-refractivity contribution >= 4 is 17.5 Å². The van der Waals surface area contributed by atoms with Crippen LogP contribution in [0.5, 0.6) is 0 Å². The average molecular weight is 287 g/mol. The van der Waals surface area contributed by atoms with Crippen LogP contribution < -0.4 is 11.5 Å². The number of carbonyl (C=O) groups excluding carboxylic acids is 1. The number of nitrogens with two attached hydrogens (primary N) is 2. The van der Waals surface area contributed by atoms with Gasteiger partial charge in [-0.15, -0.1) is 0 Å². The Morgan fingerprint density at radius 3 is 2.81 bits per heavy atom. The maximum atomic E-state index is 11.7. The lowest BCUT2D eigenvalue weighted by Gasteiger charge is -2.07. The van der Waals surface area contributed by atoms with E-state index in [0.717, 1.165) is 11.3 Å². The van der Waals surface area contributed by atoms with Crippen molar-refractivity contribution in [3.05, 3.63) is 47.3 Å². The van der Waals surface area contributed by atoms with Gasteiger partial charge in [0.2, 0.25) is 0 Å². The van der Waals surface area contributed by atoms with E-state index in [1.807, 2.05) is 13.8 Å². The van der Waals surface area contributed by atoms with E-state index in [1.54, 1.807) is 30.5 Å². The normalized spacial score (nSPS) is 11.4. The zero-order valence-corrected chi connectivity index (χ0v) is 11.9. The molecule has 0 radical (unpaired) electrons. The molecule has 21 heavy (non-hydrogen) atoms. The number of anilines is 1. The highest BCUT2D eigenvalue weighted by Gasteiger charge is 2.09. The van der Waals surface area contributed by atoms with Crippen molar-refractivity contribution in [2.45, 2.75) is 20.4 Å². The molecule has 1 aromatic carbocycles. The molecule has 7 nitrogen and oxygen atoms in total. The first kappa shape index (κ1) is 14.6. The predicted molar refractivity (Wildman–Crippen MR) is 79.4 cm³/mol. The maximum Gasteiger partial charge on any atom is 0.356 e. The fourth-order valence-corrected chi connectivity index (χ4v) is 1.80. The van der Waals surface area contributed by atoms with Crippen LogP contribution >= 0.6 is 0 Å². The van der Waals surface area contributed by atoms with E-state index in [-0.39, 0.29) is 12.4 Å². The number of aromatic nitrogens is 2. The first-order valence-corrected chi connectivity index (χ1v) is 6.36. The number of hydrogen-bond donors (Lipinski definition) is 2. The minimum atomic E-state index is -0.550. The van der Waals surface area contributed by atoms with Gasteiger partial charge in [-0.05, 0) is 31.5 Å². The van der Waals surface area contributed by atoms with Gasteiger partial charge in [0.25, 0.3) is 0 Å². The molecule has 0 spiro atoms. The fourth-order valence-electron chi connectivity index (χ4n) is 1.80. The number of benzene rings is 1. The van der Waals surface area contributed by atoms with E-state index >= 15 is 0 Å². The number of aryl methyl sites for hydroxylation is 1. The summed E-state index contributed by atoms with van der Waals surface area (Å²) in [5.41, 5.74) is 14.5. The van der Waals surface area contributed by atoms with Gasteiger partial charge in [-0.3, -0.25) is 4.68 Å². The third-order valence-electron chi connectivity index (χ3n) is 3.11. The van der Waals surface area contributed by atoms with Crippen LogP contribution in [0.25, 0.3) is 0 Å². The Morgan fingerprint density at radius 2 is 2.14 bits per heavy atom. The lowest BCUT2D eigenvalue weighted by atomic mass is 10.1. The van der Waals surface area contributed by atoms with Crippen LogP contribution in [-0.2, 0) is 16.2 Å². The Balaban J connectivity index is 2.05. The van der Waals surface area contributed by atoms with Gasteiger partial charge in [-0.1, -0.05) is 17.3 Å². The van der Waals surface area contributed by atoms with E-state index in [0.29, 0.717) is 11.3 Å². The van der Waals surface area contributed by atoms with Crippen molar-refractivity contribution in [3.63, 3.8) is 0 Å². The molecule has 1 heterocycles. The van der Waals surface area contributed by atoms with Crippen molar-refractivity contribution in [2.75, 3.05) is 5.73 Å². The van der Waals surface area contributed by atoms with E-state index in [2.05, 4.69) is 10.3 Å². The Kier molecular flexibility index (Phi) is 4.22. The van der Waals surface area contributed by atoms with Gasteiger partial charge in [0.1, 0.15) is 6.54 Å². The second kappa shape index (κ2) is 6.08. The van der Waals surface area contributed by atoms with Crippen LogP contribution in [0, 0.1) is 13.8 Å². The van der Waals surface area contributed by atoms with Crippen LogP contribution in [0.15, 0.2) is 35.6 Å². The van der Waals surface area contributed by atoms with E-state index in [1.165, 1.54) is 4.68 Å². The van der Waals surface area contributed by atoms with Gasteiger partial charge in [-0.25, -0.2) is 4.79 Å². The highest BCUT2D eigenvalue weighted by Crippen LogP contribution is 2.15. The summed E-state index contributed by atoms with van der Waals surface area (Å²) in [6.07, 6.45) is 1.61. The molecule has 0 aliphatic heterocycles. The quantitative estimate of drug-likeness (QED) is 0.286. The smallest absolute Gasteiger partial charge is 0.356 e. The zero-order chi connectivity index (χ0) is 15.4. The Labute approximate surface area is 122 Å². The molecular weight excluding hydrogens is 270 g/mol. The first-order valence-electron chi connectivity index (χ1n) is 6.36. The predicted octanol–water partition coefficient (Wildman–Crippen LogP) is 0.946. The third kappa shape index (κ3) is 3.38. The van der Waals surface area contributed by atoms with Crippen LogP contribution in [0.1, 0.15) is 16.8 Å². The second-order valence-electron chi connectivity index (χ2n) is 4.59. The Morgan fingerprint density at radius 1 is 1.38 bits per heavy atom. The van der Waals surface area contributed by atoms with Crippen molar-refractivity contribution < 1.29 is 9.63 Å². The SMILES string of the molecule is Cc1c(N)cccc1/C(N)=N/OC(=O)Cn1nccc1C. The van der Waals surface area contributed by atoms with Gasteiger partial charge in [-0.2, -0.15) is 5.10 Å². The molecule has 7 heteroatoms. The molecule has 1 aromatic heterocycles. The van der Waals surface area contributed by atoms with E-state index in [4.69, 9.17) is 16.3 Å². The number of rotatable bonds is 4. The van der Waals surface area contributed by atoms with Crippen LogP contribution in [-0.4, -0.2) is 21.6 Å². The minimum absolute atomic E-state index is 0.0223. The number of carbonyl (C=O) groups is 1. The minimum Gasteiger partial charge on any atom is -0.398 e. The number of nitrogen functional groups attached to an aromatic ring is 1. The van der Waals surface area contributed by atoms with E-state index in [9.17, 15) is 4.79 Å². The molecule has 0 saturated heterocycles. The highest BCUT2D eigenvalue weighted by molar-refractivity contribution is 5.99. The summed E-state index contributed by atoms with van der Waals surface area (Å²) in [5.74, 6) is -0.448. The second-order valence-corrected chi connectivity index (χ2v) is 4.59. The Hall–Kier alpha value is -2.83. The molecular formula is C14H17N5O2. The molecule has 0 amide bonds. The zero-order valence-electron chi connectivity index (χ0n) is 11.9. The van der Waals surface area contributed by atoms with Crippen LogP contribution in [0.3, 0.4) is 0 Å². The molecule has 0 aliphatic rings. The average Bonchev–Trinajstić information content (AvgIpc) is 2.84. The van der Waals surface area contributed by atoms with Gasteiger partial charge in [0.05, 0.1) is 0 Å². The molecule has 110 valence electrons. The van der Waals surface area contributed by atoms with Crippen molar-refractivity contribution in [2.24, 2.45) is 10.9 Å². The van der Waals surface area contributed by atoms with Crippen LogP contribution in [0.2, 0.25) is 0 Å². The summed E-state index contributed by atoms with van der Waals surface area (Å²) < 4.78 is 1.51. The standard InChI is InChI=1S/C14H17N5O2/c1-9-6-7-17-19(9)8-13(20)21-18-14(16)11-4-3-5-12(15)10(11)2/h3-7H,8,15H2,1-2H3,(H2,16,18). The Bertz CT molecular complexity index is 690. The maximum absolute atomic E-state index is 11.7. The van der Waals surface area contributed by atoms with Gasteiger partial charge in [0.15, 0.2) is 5.84 Å². The summed E-state index contributed by atoms with van der Waals surface area (Å²) in [5, 5.41) is 7.64. The topological polar surface area (TPSA) is 109 Å². The molecule has 2 rings (SSSR count). The summed E-state index contributed by atoms with van der Waals surface area (Å²) in [7, 11) is 0. The lowest BCUT2D eigenvalue weighted by Crippen LogP contribution is -2.19. The molecule has 0 bridgehead atoms. The molecule has 0 atom stereocenters. The first-order chi connectivity index (χ1) is 9.99. The van der Waals surface area contributed by atoms with Gasteiger partial charge in [0, 0.05) is 23.1 Å². The van der Waals surface area contributed by atoms with Crippen LogP contribution in [0.4, 0.5) is 5.69 Å². The third-order valence-corrected chi connectivity index (χ3v) is 3.11. The number of amidine groups is 1. The highest BCUT2D eigenvalue weighted by atomic mass is 16.7. The van der Waals surface area contributed by atoms with Crippen molar-refractivity contribution in [3.8, 4) is 0 Å². The summed E-state index contributed by atoms with van der Waals surface area (Å²) in [6.45, 7) is 3.64. The van der Waals surface area contributed by atoms with E-state index < -0.39 is 5.97 Å². The molecule has 0 saturated carbocycles.